The number of nitrogens with one attached hydrogen (secondary N) is 1. The molecule has 11 heteroatoms. The van der Waals surface area contributed by atoms with Crippen LogP contribution in [0, 0.1) is 6.92 Å². The largest absolute Gasteiger partial charge is 0.328 e. The van der Waals surface area contributed by atoms with Crippen LogP contribution in [0.4, 0.5) is 11.4 Å². The second-order valence-electron chi connectivity index (χ2n) is 8.08. The third-order valence-electron chi connectivity index (χ3n) is 5.64. The minimum absolute atomic E-state index is 0.0303. The number of imidazole rings is 1. The number of carbonyl (C=O) groups excluding carboxylic acids is 1. The molecule has 0 radical (unpaired) electrons. The molecule has 8 nitrogen and oxygen atoms in total. The molecule has 0 saturated heterocycles. The summed E-state index contributed by atoms with van der Waals surface area (Å²) in [5.41, 5.74) is 2.65. The van der Waals surface area contributed by atoms with E-state index in [1.807, 2.05) is 6.92 Å². The lowest BCUT2D eigenvalue weighted by molar-refractivity contribution is -0.114. The van der Waals surface area contributed by atoms with Gasteiger partial charge in [-0.25, -0.2) is 13.2 Å². The number of hydrogen-bond acceptors (Lipinski definition) is 4. The second kappa shape index (κ2) is 9.41. The lowest BCUT2D eigenvalue weighted by Gasteiger charge is -2.24. The average molecular weight is 533 g/mol. The van der Waals surface area contributed by atoms with Gasteiger partial charge in [0.15, 0.2) is 0 Å². The van der Waals surface area contributed by atoms with Crippen LogP contribution in [-0.4, -0.2) is 30.0 Å². The van der Waals surface area contributed by atoms with Crippen LogP contribution in [0.1, 0.15) is 5.56 Å². The Balaban J connectivity index is 1.69. The Bertz CT molecular complexity index is 1610. The predicted molar refractivity (Wildman–Crippen MR) is 139 cm³/mol. The summed E-state index contributed by atoms with van der Waals surface area (Å²) >= 11 is 12.2. The van der Waals surface area contributed by atoms with Gasteiger partial charge in [-0.15, -0.1) is 0 Å². The third kappa shape index (κ3) is 4.80. The lowest BCUT2D eigenvalue weighted by Crippen LogP contribution is -2.38. The fraction of sp³-hybridized carbons (Fsp3) is 0.167. The zero-order valence-corrected chi connectivity index (χ0v) is 21.4. The van der Waals surface area contributed by atoms with Crippen LogP contribution >= 0.6 is 23.2 Å². The molecule has 1 N–H and O–H groups in total. The zero-order valence-electron chi connectivity index (χ0n) is 19.1. The van der Waals surface area contributed by atoms with Crippen LogP contribution < -0.4 is 15.3 Å². The molecule has 0 spiro atoms. The Kier molecular flexibility index (Phi) is 6.68. The lowest BCUT2D eigenvalue weighted by atomic mass is 10.2. The highest BCUT2D eigenvalue weighted by Gasteiger charge is 2.28. The van der Waals surface area contributed by atoms with Gasteiger partial charge in [0.25, 0.3) is 10.0 Å². The fourth-order valence-electron chi connectivity index (χ4n) is 3.71. The minimum Gasteiger partial charge on any atom is -0.324 e. The van der Waals surface area contributed by atoms with Crippen molar-refractivity contribution < 1.29 is 13.2 Å². The van der Waals surface area contributed by atoms with Gasteiger partial charge in [0, 0.05) is 19.8 Å². The van der Waals surface area contributed by atoms with Gasteiger partial charge in [0.1, 0.15) is 6.54 Å². The first kappa shape index (κ1) is 24.8. The molecule has 182 valence electrons. The standard InChI is InChI=1S/C24H22Cl2N4O4S/c1-15-4-8-18(9-5-15)35(33,34)30(17-7-10-19(25)20(26)13-17)14-23(31)27-16-6-11-21-22(12-16)29(3)24(32)28(21)2/h4-13H,14H2,1-3H3,(H,27,31). The van der Waals surface area contributed by atoms with E-state index in [1.54, 1.807) is 44.4 Å². The van der Waals surface area contributed by atoms with Gasteiger partial charge in [-0.2, -0.15) is 0 Å². The van der Waals surface area contributed by atoms with Crippen LogP contribution in [0.15, 0.2) is 70.4 Å². The number of rotatable bonds is 6. The number of sulfonamides is 1. The van der Waals surface area contributed by atoms with E-state index in [0.717, 1.165) is 9.87 Å². The Morgan fingerprint density at radius 3 is 2.23 bits per heavy atom. The van der Waals surface area contributed by atoms with E-state index in [1.165, 1.54) is 39.5 Å². The molecule has 4 aromatic rings. The molecule has 1 amide bonds. The molecular formula is C24H22Cl2N4O4S. The molecule has 0 atom stereocenters. The molecule has 0 unspecified atom stereocenters. The molecule has 0 fully saturated rings. The van der Waals surface area contributed by atoms with Crippen molar-refractivity contribution in [2.24, 2.45) is 14.1 Å². The van der Waals surface area contributed by atoms with E-state index in [0.29, 0.717) is 16.7 Å². The molecule has 0 aliphatic heterocycles. The molecule has 1 heterocycles. The summed E-state index contributed by atoms with van der Waals surface area (Å²) in [5, 5.41) is 3.14. The number of aryl methyl sites for hydroxylation is 3. The number of carbonyl (C=O) groups is 1. The highest BCUT2D eigenvalue weighted by molar-refractivity contribution is 7.92. The minimum atomic E-state index is -4.11. The number of anilines is 2. The number of aromatic nitrogens is 2. The monoisotopic (exact) mass is 532 g/mol. The molecule has 0 bridgehead atoms. The summed E-state index contributed by atoms with van der Waals surface area (Å²) in [6.45, 7) is 1.33. The van der Waals surface area contributed by atoms with Crippen molar-refractivity contribution in [1.29, 1.82) is 0 Å². The number of halogens is 2. The first-order valence-corrected chi connectivity index (χ1v) is 12.7. The summed E-state index contributed by atoms with van der Waals surface area (Å²) in [6, 6.07) is 15.7. The van der Waals surface area contributed by atoms with Crippen LogP contribution in [0.25, 0.3) is 11.0 Å². The first-order valence-electron chi connectivity index (χ1n) is 10.5. The number of hydrogen-bond donors (Lipinski definition) is 1. The van der Waals surface area contributed by atoms with Crippen molar-refractivity contribution in [3.8, 4) is 0 Å². The number of nitrogens with zero attached hydrogens (tertiary/aromatic N) is 3. The maximum absolute atomic E-state index is 13.5. The van der Waals surface area contributed by atoms with Crippen molar-refractivity contribution in [2.75, 3.05) is 16.2 Å². The van der Waals surface area contributed by atoms with E-state index < -0.39 is 22.5 Å². The quantitative estimate of drug-likeness (QED) is 0.400. The topological polar surface area (TPSA) is 93.4 Å². The molecule has 0 aliphatic carbocycles. The Morgan fingerprint density at radius 1 is 0.914 bits per heavy atom. The summed E-state index contributed by atoms with van der Waals surface area (Å²) in [7, 11) is -0.813. The zero-order chi connectivity index (χ0) is 25.5. The van der Waals surface area contributed by atoms with E-state index in [2.05, 4.69) is 5.32 Å². The van der Waals surface area contributed by atoms with Gasteiger partial charge in [-0.05, 0) is 55.5 Å². The fourth-order valence-corrected chi connectivity index (χ4v) is 5.41. The highest BCUT2D eigenvalue weighted by atomic mass is 35.5. The summed E-state index contributed by atoms with van der Waals surface area (Å²) in [5.74, 6) is -0.577. The number of benzene rings is 3. The van der Waals surface area contributed by atoms with Crippen molar-refractivity contribution in [1.82, 2.24) is 9.13 Å². The summed E-state index contributed by atoms with van der Waals surface area (Å²) in [6.07, 6.45) is 0. The molecule has 3 aromatic carbocycles. The Hall–Kier alpha value is -3.27. The summed E-state index contributed by atoms with van der Waals surface area (Å²) < 4.78 is 31.0. The van der Waals surface area contributed by atoms with E-state index in [9.17, 15) is 18.0 Å². The maximum Gasteiger partial charge on any atom is 0.328 e. The van der Waals surface area contributed by atoms with Gasteiger partial charge < -0.3 is 5.32 Å². The van der Waals surface area contributed by atoms with E-state index in [4.69, 9.17) is 23.2 Å². The number of fused-ring (bicyclic) bond motifs is 1. The highest BCUT2D eigenvalue weighted by Crippen LogP contribution is 2.30. The van der Waals surface area contributed by atoms with Gasteiger partial charge in [0.05, 0.1) is 31.7 Å². The molecule has 0 aliphatic rings. The Labute approximate surface area is 212 Å². The molecular weight excluding hydrogens is 511 g/mol. The molecule has 35 heavy (non-hydrogen) atoms. The number of amides is 1. The van der Waals surface area contributed by atoms with Crippen LogP contribution in [0.3, 0.4) is 0 Å². The van der Waals surface area contributed by atoms with E-state index in [-0.39, 0.29) is 26.3 Å². The summed E-state index contributed by atoms with van der Waals surface area (Å²) in [4.78, 5) is 25.2. The van der Waals surface area contributed by atoms with Crippen molar-refractivity contribution in [2.45, 2.75) is 11.8 Å². The molecule has 1 aromatic heterocycles. The van der Waals surface area contributed by atoms with Crippen LogP contribution in [0.5, 0.6) is 0 Å². The van der Waals surface area contributed by atoms with Crippen molar-refractivity contribution >= 4 is 61.5 Å². The van der Waals surface area contributed by atoms with E-state index >= 15 is 0 Å². The van der Waals surface area contributed by atoms with Gasteiger partial charge >= 0.3 is 5.69 Å². The van der Waals surface area contributed by atoms with Gasteiger partial charge in [0.2, 0.25) is 5.91 Å². The van der Waals surface area contributed by atoms with Crippen LogP contribution in [0.2, 0.25) is 10.0 Å². The smallest absolute Gasteiger partial charge is 0.324 e. The molecule has 4 rings (SSSR count). The predicted octanol–water partition coefficient (Wildman–Crippen LogP) is 4.33. The van der Waals surface area contributed by atoms with Gasteiger partial charge in [-0.3, -0.25) is 18.2 Å². The van der Waals surface area contributed by atoms with Crippen LogP contribution in [-0.2, 0) is 28.9 Å². The molecule has 0 saturated carbocycles. The van der Waals surface area contributed by atoms with Crippen molar-refractivity contribution in [3.05, 3.63) is 86.8 Å². The maximum atomic E-state index is 13.5. The normalized spacial score (nSPS) is 11.6. The average Bonchev–Trinajstić information content (AvgIpc) is 3.03. The second-order valence-corrected chi connectivity index (χ2v) is 10.8. The Morgan fingerprint density at radius 2 is 1.57 bits per heavy atom. The van der Waals surface area contributed by atoms with Crippen molar-refractivity contribution in [3.63, 3.8) is 0 Å². The first-order chi connectivity index (χ1) is 16.5. The third-order valence-corrected chi connectivity index (χ3v) is 8.17. The van der Waals surface area contributed by atoms with Gasteiger partial charge in [-0.1, -0.05) is 40.9 Å². The SMILES string of the molecule is Cc1ccc(S(=O)(=O)N(CC(=O)Nc2ccc3c(c2)n(C)c(=O)n3C)c2ccc(Cl)c(Cl)c2)cc1.